The number of piperidine rings is 1. The molecule has 5 rings (SSSR count). The van der Waals surface area contributed by atoms with Crippen LogP contribution in [0.25, 0.3) is 0 Å². The lowest BCUT2D eigenvalue weighted by molar-refractivity contribution is -0.126. The predicted molar refractivity (Wildman–Crippen MR) is 150 cm³/mol. The van der Waals surface area contributed by atoms with Gasteiger partial charge < -0.3 is 16.2 Å². The summed E-state index contributed by atoms with van der Waals surface area (Å²) in [5, 5.41) is 14.7. The second-order valence-electron chi connectivity index (χ2n) is 13.3. The van der Waals surface area contributed by atoms with E-state index in [0.29, 0.717) is 25.9 Å². The van der Waals surface area contributed by atoms with Crippen LogP contribution in [0.4, 0.5) is 0 Å². The number of benzene rings is 1. The highest BCUT2D eigenvalue weighted by atomic mass is 32.2. The van der Waals surface area contributed by atoms with Crippen LogP contribution < -0.4 is 11.1 Å². The number of nitrogens with zero attached hydrogens (tertiary/aromatic N) is 1. The Morgan fingerprint density at radius 1 is 1.13 bits per heavy atom. The van der Waals surface area contributed by atoms with Crippen molar-refractivity contribution in [2.75, 3.05) is 37.4 Å². The van der Waals surface area contributed by atoms with Gasteiger partial charge in [-0.05, 0) is 72.8 Å². The topological polar surface area (TPSA) is 147 Å². The summed E-state index contributed by atoms with van der Waals surface area (Å²) in [5.41, 5.74) is 5.76. The normalized spacial score (nSPS) is 32.3. The first kappa shape index (κ1) is 29.0. The molecule has 1 aromatic carbocycles. The average molecular weight is 582 g/mol. The van der Waals surface area contributed by atoms with E-state index in [1.54, 1.807) is 4.31 Å². The van der Waals surface area contributed by atoms with Gasteiger partial charge in [-0.2, -0.15) is 0 Å². The molecule has 0 unspecified atom stereocenters. The van der Waals surface area contributed by atoms with E-state index < -0.39 is 54.0 Å². The first-order valence-corrected chi connectivity index (χ1v) is 17.7. The van der Waals surface area contributed by atoms with E-state index in [2.05, 4.69) is 29.6 Å². The van der Waals surface area contributed by atoms with Crippen LogP contribution in [0.3, 0.4) is 0 Å². The van der Waals surface area contributed by atoms with Crippen molar-refractivity contribution >= 4 is 25.8 Å². The van der Waals surface area contributed by atoms with Gasteiger partial charge in [0.25, 0.3) is 0 Å². The summed E-state index contributed by atoms with van der Waals surface area (Å²) in [5.74, 6) is -1.20. The number of hydrogen-bond donors (Lipinski definition) is 3. The third kappa shape index (κ3) is 4.75. The second-order valence-corrected chi connectivity index (χ2v) is 17.4. The van der Waals surface area contributed by atoms with Crippen molar-refractivity contribution in [2.45, 2.75) is 75.9 Å². The van der Waals surface area contributed by atoms with E-state index in [4.69, 9.17) is 5.73 Å². The van der Waals surface area contributed by atoms with Gasteiger partial charge in [0.2, 0.25) is 15.9 Å². The molecular formula is C28H43N3O6S2. The molecule has 9 nitrogen and oxygen atoms in total. The van der Waals surface area contributed by atoms with Crippen LogP contribution in [0.2, 0.25) is 0 Å². The van der Waals surface area contributed by atoms with Crippen LogP contribution in [0, 0.1) is 16.7 Å². The second kappa shape index (κ2) is 9.51. The number of rotatable bonds is 8. The molecule has 0 aromatic heterocycles. The molecule has 1 aromatic rings. The Balaban J connectivity index is 1.32. The maximum Gasteiger partial charge on any atom is 0.238 e. The molecule has 218 valence electrons. The van der Waals surface area contributed by atoms with Gasteiger partial charge in [0.05, 0.1) is 23.1 Å². The molecule has 3 fully saturated rings. The lowest BCUT2D eigenvalue weighted by Crippen LogP contribution is -2.61. The van der Waals surface area contributed by atoms with Crippen LogP contribution in [0.15, 0.2) is 24.3 Å². The Labute approximate surface area is 232 Å². The van der Waals surface area contributed by atoms with Crippen LogP contribution in [0.5, 0.6) is 0 Å². The zero-order chi connectivity index (χ0) is 28.5. The Morgan fingerprint density at radius 2 is 1.79 bits per heavy atom. The Kier molecular flexibility index (Phi) is 7.06. The van der Waals surface area contributed by atoms with Gasteiger partial charge in [-0.3, -0.25) is 4.79 Å². The van der Waals surface area contributed by atoms with Crippen LogP contribution in [0.1, 0.15) is 63.5 Å². The maximum atomic E-state index is 14.0. The molecular weight excluding hydrogens is 538 g/mol. The summed E-state index contributed by atoms with van der Waals surface area (Å²) in [6.07, 6.45) is 6.45. The summed E-state index contributed by atoms with van der Waals surface area (Å²) in [4.78, 5) is 12.6. The van der Waals surface area contributed by atoms with E-state index in [1.165, 1.54) is 11.1 Å². The number of sulfone groups is 1. The standard InChI is InChI=1S/C28H43N3O6S2/c1-25(2)21-9-11-27(25,28(33,16-21)18-30-24(32)23(29)17-38(3,34)35)19-39(36,37)31-14-12-26(13-15-31)10-8-20-6-4-5-7-22(20)26/h4-7,21,23,33H,8-19,29H2,1-3H3,(H,30,32)/t21-,23-,27+,28-/m1/s1. The first-order chi connectivity index (χ1) is 18.0. The minimum atomic E-state index is -3.70. The fourth-order valence-electron chi connectivity index (χ4n) is 8.57. The third-order valence-electron chi connectivity index (χ3n) is 11.0. The largest absolute Gasteiger partial charge is 0.387 e. The summed E-state index contributed by atoms with van der Waals surface area (Å²) in [7, 11) is -7.15. The average Bonchev–Trinajstić information content (AvgIpc) is 3.37. The van der Waals surface area contributed by atoms with E-state index in [9.17, 15) is 26.7 Å². The molecule has 1 aliphatic heterocycles. The summed E-state index contributed by atoms with van der Waals surface area (Å²) >= 11 is 0. The first-order valence-electron chi connectivity index (χ1n) is 14.0. The summed E-state index contributed by atoms with van der Waals surface area (Å²) < 4.78 is 52.8. The molecule has 39 heavy (non-hydrogen) atoms. The van der Waals surface area contributed by atoms with Crippen molar-refractivity contribution in [3.63, 3.8) is 0 Å². The number of aliphatic hydroxyl groups is 1. The monoisotopic (exact) mass is 581 g/mol. The number of fused-ring (bicyclic) bond motifs is 4. The van der Waals surface area contributed by atoms with Gasteiger partial charge in [-0.15, -0.1) is 0 Å². The van der Waals surface area contributed by atoms with Crippen LogP contribution in [-0.4, -0.2) is 81.2 Å². The highest BCUT2D eigenvalue weighted by Crippen LogP contribution is 2.70. The number of carbonyl (C=O) groups excluding carboxylic acids is 1. The molecule has 2 bridgehead atoms. The van der Waals surface area contributed by atoms with E-state index in [1.807, 2.05) is 13.8 Å². The lowest BCUT2D eigenvalue weighted by Gasteiger charge is -2.49. The predicted octanol–water partition coefficient (Wildman–Crippen LogP) is 1.34. The van der Waals surface area contributed by atoms with Crippen molar-refractivity contribution in [3.05, 3.63) is 35.4 Å². The minimum Gasteiger partial charge on any atom is -0.387 e. The number of nitrogens with one attached hydrogen (secondary N) is 1. The van der Waals surface area contributed by atoms with Crippen molar-refractivity contribution < 1.29 is 26.7 Å². The molecule has 11 heteroatoms. The van der Waals surface area contributed by atoms with E-state index in [-0.39, 0.29) is 23.6 Å². The zero-order valence-electron chi connectivity index (χ0n) is 23.3. The molecule has 4 N–H and O–H groups in total. The van der Waals surface area contributed by atoms with Crippen LogP contribution in [-0.2, 0) is 36.5 Å². The quantitative estimate of drug-likeness (QED) is 0.420. The minimum absolute atomic E-state index is 0.0434. The van der Waals surface area contributed by atoms with Crippen LogP contribution >= 0.6 is 0 Å². The van der Waals surface area contributed by atoms with Crippen molar-refractivity contribution in [3.8, 4) is 0 Å². The highest BCUT2D eigenvalue weighted by Gasteiger charge is 2.72. The number of aryl methyl sites for hydroxylation is 1. The smallest absolute Gasteiger partial charge is 0.238 e. The fourth-order valence-corrected chi connectivity index (χ4v) is 11.7. The van der Waals surface area contributed by atoms with Gasteiger partial charge in [-0.25, -0.2) is 21.1 Å². The molecule has 3 aliphatic carbocycles. The Bertz CT molecular complexity index is 1350. The van der Waals surface area contributed by atoms with Gasteiger partial charge in [0.1, 0.15) is 9.84 Å². The lowest BCUT2D eigenvalue weighted by atomic mass is 9.64. The molecule has 4 atom stereocenters. The van der Waals surface area contributed by atoms with Crippen molar-refractivity contribution in [1.82, 2.24) is 9.62 Å². The fraction of sp³-hybridized carbons (Fsp3) is 0.750. The third-order valence-corrected chi connectivity index (χ3v) is 14.0. The molecule has 1 amide bonds. The molecule has 2 saturated carbocycles. The molecule has 0 radical (unpaired) electrons. The van der Waals surface area contributed by atoms with Crippen molar-refractivity contribution in [1.29, 1.82) is 0 Å². The molecule has 1 spiro atoms. The summed E-state index contributed by atoms with van der Waals surface area (Å²) in [6, 6.07) is 7.26. The number of sulfonamides is 1. The van der Waals surface area contributed by atoms with E-state index in [0.717, 1.165) is 38.4 Å². The Morgan fingerprint density at radius 3 is 2.44 bits per heavy atom. The zero-order valence-corrected chi connectivity index (χ0v) is 24.9. The maximum absolute atomic E-state index is 14.0. The Hall–Kier alpha value is -1.53. The molecule has 1 saturated heterocycles. The summed E-state index contributed by atoms with van der Waals surface area (Å²) in [6.45, 7) is 4.85. The molecule has 4 aliphatic rings. The molecule has 1 heterocycles. The van der Waals surface area contributed by atoms with E-state index >= 15 is 0 Å². The number of hydrogen-bond acceptors (Lipinski definition) is 7. The van der Waals surface area contributed by atoms with Crippen molar-refractivity contribution in [2.24, 2.45) is 22.5 Å². The highest BCUT2D eigenvalue weighted by molar-refractivity contribution is 7.90. The van der Waals surface area contributed by atoms with Gasteiger partial charge in [0.15, 0.2) is 0 Å². The number of amides is 1. The van der Waals surface area contributed by atoms with Gasteiger partial charge in [0, 0.05) is 31.3 Å². The number of nitrogens with two attached hydrogens (primary N) is 1. The van der Waals surface area contributed by atoms with Gasteiger partial charge in [-0.1, -0.05) is 38.1 Å². The number of carbonyl (C=O) groups is 1. The van der Waals surface area contributed by atoms with Gasteiger partial charge >= 0.3 is 0 Å². The SMILES string of the molecule is CC1(C)[C@@H]2CC[C@@]1(CS(=O)(=O)N1CCC3(CCc4ccccc43)CC1)[C@](O)(CNC(=O)[C@H](N)CS(C)(=O)=O)C2.